The third-order valence-electron chi connectivity index (χ3n) is 2.85. The number of furan rings is 1. The van der Waals surface area contributed by atoms with E-state index in [0.717, 1.165) is 0 Å². The highest BCUT2D eigenvalue weighted by atomic mass is 16.5. The Balaban J connectivity index is 2.37. The van der Waals surface area contributed by atoms with E-state index in [1.165, 1.54) is 24.1 Å². The van der Waals surface area contributed by atoms with Crippen molar-refractivity contribution in [3.63, 3.8) is 0 Å². The molecular formula is C13H10N4O3. The topological polar surface area (TPSA) is 105 Å². The maximum Gasteiger partial charge on any atom is 0.373 e. The van der Waals surface area contributed by atoms with E-state index >= 15 is 0 Å². The molecule has 1 atom stereocenters. The number of hydrogen-bond acceptors (Lipinski definition) is 6. The monoisotopic (exact) mass is 270 g/mol. The zero-order valence-electron chi connectivity index (χ0n) is 10.8. The fourth-order valence-corrected chi connectivity index (χ4v) is 1.77. The Labute approximate surface area is 114 Å². The summed E-state index contributed by atoms with van der Waals surface area (Å²) in [6.45, 7) is 1.77. The van der Waals surface area contributed by atoms with Gasteiger partial charge in [0.1, 0.15) is 17.9 Å². The Morgan fingerprint density at radius 1 is 1.45 bits per heavy atom. The Bertz CT molecular complexity index is 730. The highest BCUT2D eigenvalue weighted by Gasteiger charge is 2.20. The van der Waals surface area contributed by atoms with Crippen LogP contribution in [-0.4, -0.2) is 22.6 Å². The van der Waals surface area contributed by atoms with Gasteiger partial charge in [0.2, 0.25) is 5.76 Å². The van der Waals surface area contributed by atoms with Gasteiger partial charge in [-0.3, -0.25) is 0 Å². The first-order chi connectivity index (χ1) is 9.62. The lowest BCUT2D eigenvalue weighted by Crippen LogP contribution is -2.07. The van der Waals surface area contributed by atoms with Crippen molar-refractivity contribution in [2.45, 2.75) is 13.0 Å². The zero-order chi connectivity index (χ0) is 14.7. The van der Waals surface area contributed by atoms with E-state index in [4.69, 9.17) is 14.9 Å². The molecule has 7 heteroatoms. The van der Waals surface area contributed by atoms with Gasteiger partial charge in [-0.2, -0.15) is 10.5 Å². The zero-order valence-corrected chi connectivity index (χ0v) is 10.8. The minimum absolute atomic E-state index is 0.0547. The van der Waals surface area contributed by atoms with Gasteiger partial charge >= 0.3 is 5.97 Å². The van der Waals surface area contributed by atoms with Crippen molar-refractivity contribution >= 4 is 5.97 Å². The average molecular weight is 270 g/mol. The summed E-state index contributed by atoms with van der Waals surface area (Å²) in [5, 5.41) is 17.9. The van der Waals surface area contributed by atoms with Crippen LogP contribution in [0.25, 0.3) is 0 Å². The van der Waals surface area contributed by atoms with Gasteiger partial charge in [0.15, 0.2) is 11.4 Å². The van der Waals surface area contributed by atoms with Crippen molar-refractivity contribution in [2.24, 2.45) is 0 Å². The molecule has 0 aliphatic rings. The fourth-order valence-electron chi connectivity index (χ4n) is 1.77. The Hall–Kier alpha value is -3.06. The van der Waals surface area contributed by atoms with Gasteiger partial charge in [-0.15, -0.1) is 0 Å². The number of hydrogen-bond donors (Lipinski definition) is 0. The Kier molecular flexibility index (Phi) is 3.54. The van der Waals surface area contributed by atoms with Crippen LogP contribution in [0.15, 0.2) is 22.9 Å². The van der Waals surface area contributed by atoms with Gasteiger partial charge < -0.3 is 13.7 Å². The van der Waals surface area contributed by atoms with Crippen molar-refractivity contribution in [1.29, 1.82) is 10.5 Å². The predicted molar refractivity (Wildman–Crippen MR) is 65.5 cm³/mol. The normalized spacial score (nSPS) is 11.4. The maximum absolute atomic E-state index is 11.3. The summed E-state index contributed by atoms with van der Waals surface area (Å²) >= 11 is 0. The predicted octanol–water partition coefficient (Wildman–Crippen LogP) is 1.62. The molecule has 0 bridgehead atoms. The van der Waals surface area contributed by atoms with Gasteiger partial charge in [-0.1, -0.05) is 0 Å². The van der Waals surface area contributed by atoms with E-state index in [2.05, 4.69) is 9.72 Å². The summed E-state index contributed by atoms with van der Waals surface area (Å²) in [6.07, 6.45) is 1.39. The molecule has 0 saturated carbocycles. The highest BCUT2D eigenvalue weighted by Crippen LogP contribution is 2.23. The maximum atomic E-state index is 11.3. The molecule has 0 N–H and O–H groups in total. The van der Waals surface area contributed by atoms with Gasteiger partial charge in [0, 0.05) is 0 Å². The van der Waals surface area contributed by atoms with E-state index in [9.17, 15) is 4.79 Å². The molecule has 0 radical (unpaired) electrons. The lowest BCUT2D eigenvalue weighted by molar-refractivity contribution is 0.0562. The van der Waals surface area contributed by atoms with Crippen molar-refractivity contribution in [1.82, 2.24) is 9.55 Å². The van der Waals surface area contributed by atoms with E-state index in [-0.39, 0.29) is 23.2 Å². The smallest absolute Gasteiger partial charge is 0.373 e. The molecule has 0 saturated heterocycles. The summed E-state index contributed by atoms with van der Waals surface area (Å²) < 4.78 is 11.4. The van der Waals surface area contributed by atoms with E-state index in [1.54, 1.807) is 13.0 Å². The second-order valence-corrected chi connectivity index (χ2v) is 3.94. The number of imidazole rings is 1. The second-order valence-electron chi connectivity index (χ2n) is 3.94. The number of nitrogens with zero attached hydrogens (tertiary/aromatic N) is 4. The number of methoxy groups -OCH3 is 1. The van der Waals surface area contributed by atoms with Crippen molar-refractivity contribution in [3.8, 4) is 12.1 Å². The van der Waals surface area contributed by atoms with Crippen LogP contribution < -0.4 is 0 Å². The molecule has 0 aromatic carbocycles. The lowest BCUT2D eigenvalue weighted by atomic mass is 10.2. The Morgan fingerprint density at radius 3 is 2.80 bits per heavy atom. The number of carbonyl (C=O) groups excluding carboxylic acids is 1. The summed E-state index contributed by atoms with van der Waals surface area (Å²) in [5.41, 5.74) is 0.204. The average Bonchev–Trinajstić information content (AvgIpc) is 3.11. The van der Waals surface area contributed by atoms with Crippen molar-refractivity contribution in [2.75, 3.05) is 7.11 Å². The first-order valence-electron chi connectivity index (χ1n) is 5.67. The molecule has 7 nitrogen and oxygen atoms in total. The fraction of sp³-hybridized carbons (Fsp3) is 0.231. The van der Waals surface area contributed by atoms with E-state index < -0.39 is 5.97 Å². The summed E-state index contributed by atoms with van der Waals surface area (Å²) in [4.78, 5) is 15.2. The van der Waals surface area contributed by atoms with Crippen LogP contribution in [-0.2, 0) is 4.74 Å². The van der Waals surface area contributed by atoms with E-state index in [0.29, 0.717) is 5.76 Å². The SMILES string of the molecule is COC(=O)c1ccc(C(C)n2cnc(C#N)c2C#N)o1. The molecule has 0 aliphatic heterocycles. The third-order valence-corrected chi connectivity index (χ3v) is 2.85. The van der Waals surface area contributed by atoms with Crippen molar-refractivity contribution < 1.29 is 13.9 Å². The van der Waals surface area contributed by atoms with Gasteiger partial charge in [-0.25, -0.2) is 9.78 Å². The molecule has 20 heavy (non-hydrogen) atoms. The highest BCUT2D eigenvalue weighted by molar-refractivity contribution is 5.86. The number of esters is 1. The first-order valence-corrected chi connectivity index (χ1v) is 5.67. The molecule has 1 unspecified atom stereocenters. The van der Waals surface area contributed by atoms with Crippen LogP contribution in [0, 0.1) is 22.7 Å². The number of ether oxygens (including phenoxy) is 1. The van der Waals surface area contributed by atoms with Crippen LogP contribution in [0.4, 0.5) is 0 Å². The van der Waals surface area contributed by atoms with Crippen LogP contribution in [0.5, 0.6) is 0 Å². The van der Waals surface area contributed by atoms with Crippen LogP contribution >= 0.6 is 0 Å². The third kappa shape index (κ3) is 2.13. The quantitative estimate of drug-likeness (QED) is 0.784. The van der Waals surface area contributed by atoms with Crippen LogP contribution in [0.2, 0.25) is 0 Å². The molecule has 100 valence electrons. The van der Waals surface area contributed by atoms with Crippen LogP contribution in [0.1, 0.15) is 40.7 Å². The number of carbonyl (C=O) groups is 1. The molecule has 2 aromatic heterocycles. The first kappa shape index (κ1) is 13.4. The molecule has 2 rings (SSSR count). The van der Waals surface area contributed by atoms with Crippen LogP contribution in [0.3, 0.4) is 0 Å². The summed E-state index contributed by atoms with van der Waals surface area (Å²) in [5.74, 6) is -0.0374. The molecule has 0 spiro atoms. The number of rotatable bonds is 3. The molecule has 2 aromatic rings. The van der Waals surface area contributed by atoms with Gasteiger partial charge in [0.25, 0.3) is 0 Å². The molecule has 0 amide bonds. The molecule has 2 heterocycles. The van der Waals surface area contributed by atoms with E-state index in [1.807, 2.05) is 12.1 Å². The molecule has 0 fully saturated rings. The number of aromatic nitrogens is 2. The second kappa shape index (κ2) is 5.29. The van der Waals surface area contributed by atoms with Crippen molar-refractivity contribution in [3.05, 3.63) is 41.4 Å². The number of nitriles is 2. The molecule has 0 aliphatic carbocycles. The lowest BCUT2D eigenvalue weighted by Gasteiger charge is -2.11. The van der Waals surface area contributed by atoms with Gasteiger partial charge in [0.05, 0.1) is 19.5 Å². The van der Waals surface area contributed by atoms with Gasteiger partial charge in [-0.05, 0) is 19.1 Å². The standard InChI is InChI=1S/C13H10N4O3/c1-8(11-3-4-12(20-11)13(18)19-2)17-7-16-9(5-14)10(17)6-15/h3-4,7-8H,1-2H3. The summed E-state index contributed by atoms with van der Waals surface area (Å²) in [7, 11) is 1.26. The summed E-state index contributed by atoms with van der Waals surface area (Å²) in [6, 6.07) is 6.51. The molecular weight excluding hydrogens is 260 g/mol. The largest absolute Gasteiger partial charge is 0.463 e. The Morgan fingerprint density at radius 2 is 2.20 bits per heavy atom. The minimum Gasteiger partial charge on any atom is -0.463 e. The minimum atomic E-state index is -0.577.